The number of ether oxygens (including phenoxy) is 8. The molecule has 0 aromatic heterocycles. The lowest BCUT2D eigenvalue weighted by molar-refractivity contribution is -0.0613. The molecule has 3 amide bonds. The van der Waals surface area contributed by atoms with Crippen molar-refractivity contribution in [2.45, 2.75) is 80.3 Å². The van der Waals surface area contributed by atoms with Crippen molar-refractivity contribution in [2.24, 2.45) is 0 Å². The standard InChI is InChI=1S/C22H21NO3.C19H23NO4.C15H15NO3.C13H12O2.C4H8O.H2/c1-2-17-8-10-19(11-9-17)23-22(24)26-21-14-12-20(13-15-21)25-16-18-6-4-3-5-7-18;1-4-15-6-8-16(9-7-15)20-19(21)24-18-12-10-17(11-13-18)23-14(3)22-5-2;1-2-11-3-5-12(6-4-11)16-15(18)19-14-9-7-13(17)8-10-14;14-12-6-8-13(9-7-12)15-10-11-4-2-1-3-5-11;1-3-5-4-2;/h3-15H,2,16H2,1H3,(H,23,24);6-14H,4-5H2,1-3H3,(H,20,21);3-10,17H,2H2,1H3,(H,16,18);1-9,14H,10H2;3H,1,4H2,2H3;1H. The topological polar surface area (TPSA) is 202 Å². The molecule has 0 aliphatic rings. The van der Waals surface area contributed by atoms with E-state index in [1.165, 1.54) is 47.2 Å². The maximum atomic E-state index is 12.0. The molecule has 0 spiro atoms. The third kappa shape index (κ3) is 28.4. The Balaban J connectivity index is 0.000000253. The highest BCUT2D eigenvalue weighted by atomic mass is 16.7. The maximum absolute atomic E-state index is 12.0. The van der Waals surface area contributed by atoms with E-state index in [9.17, 15) is 14.4 Å². The van der Waals surface area contributed by atoms with Crippen molar-refractivity contribution in [1.29, 1.82) is 0 Å². The lowest BCUT2D eigenvalue weighted by Crippen LogP contribution is -2.17. The van der Waals surface area contributed by atoms with Crippen molar-refractivity contribution in [1.82, 2.24) is 0 Å². The lowest BCUT2D eigenvalue weighted by Gasteiger charge is -2.14. The van der Waals surface area contributed by atoms with Gasteiger partial charge in [0.1, 0.15) is 59.2 Å². The summed E-state index contributed by atoms with van der Waals surface area (Å²) < 4.78 is 42.3. The molecule has 0 aliphatic carbocycles. The van der Waals surface area contributed by atoms with Crippen molar-refractivity contribution in [2.75, 3.05) is 29.2 Å². The van der Waals surface area contributed by atoms with Gasteiger partial charge >= 0.3 is 18.3 Å². The summed E-state index contributed by atoms with van der Waals surface area (Å²) >= 11 is 0. The van der Waals surface area contributed by atoms with Gasteiger partial charge in [-0.05, 0) is 201 Å². The zero-order chi connectivity index (χ0) is 63.9. The zero-order valence-corrected chi connectivity index (χ0v) is 51.1. The van der Waals surface area contributed by atoms with Crippen LogP contribution in [0.25, 0.3) is 0 Å². The molecule has 0 bridgehead atoms. The van der Waals surface area contributed by atoms with Crippen molar-refractivity contribution < 1.29 is 63.9 Å². The van der Waals surface area contributed by atoms with Gasteiger partial charge in [-0.1, -0.05) is 124 Å². The van der Waals surface area contributed by atoms with Gasteiger partial charge in [0.25, 0.3) is 0 Å². The fraction of sp³-hybridized carbons (Fsp3) is 0.192. The third-order valence-electron chi connectivity index (χ3n) is 12.3. The van der Waals surface area contributed by atoms with Crippen molar-refractivity contribution in [3.05, 3.63) is 271 Å². The highest BCUT2D eigenvalue weighted by Crippen LogP contribution is 2.23. The van der Waals surface area contributed by atoms with Crippen LogP contribution in [0.1, 0.15) is 70.8 Å². The van der Waals surface area contributed by atoms with E-state index in [-0.39, 0.29) is 19.2 Å². The van der Waals surface area contributed by atoms with E-state index in [1.54, 1.807) is 72.8 Å². The molecule has 466 valence electrons. The molecule has 0 fully saturated rings. The Labute approximate surface area is 523 Å². The van der Waals surface area contributed by atoms with Crippen LogP contribution in [-0.2, 0) is 41.9 Å². The second-order valence-electron chi connectivity index (χ2n) is 18.9. The van der Waals surface area contributed by atoms with E-state index in [0.717, 1.165) is 48.5 Å². The number of rotatable bonds is 21. The monoisotopic (exact) mass is 1210 g/mol. The number of aromatic hydroxyl groups is 2. The Bertz CT molecular complexity index is 3420. The first-order valence-electron chi connectivity index (χ1n) is 29.1. The predicted octanol–water partition coefficient (Wildman–Crippen LogP) is 18.0. The Morgan fingerprint density at radius 2 is 0.708 bits per heavy atom. The number of phenolic OH excluding ortho intramolecular Hbond substituents is 2. The summed E-state index contributed by atoms with van der Waals surface area (Å²) in [7, 11) is 0. The first-order chi connectivity index (χ1) is 43.3. The maximum Gasteiger partial charge on any atom is 0.417 e. The molecular weight excluding hydrogens is 1130 g/mol. The van der Waals surface area contributed by atoms with E-state index in [0.29, 0.717) is 59.9 Å². The summed E-state index contributed by atoms with van der Waals surface area (Å²) in [4.78, 5) is 35.5. The highest BCUT2D eigenvalue weighted by molar-refractivity contribution is 5.87. The van der Waals surface area contributed by atoms with Gasteiger partial charge in [0.05, 0.1) is 12.9 Å². The number of amides is 3. The Morgan fingerprint density at radius 3 is 1.00 bits per heavy atom. The average molecular weight is 1210 g/mol. The van der Waals surface area contributed by atoms with Crippen LogP contribution in [0.15, 0.2) is 243 Å². The van der Waals surface area contributed by atoms with Gasteiger partial charge < -0.3 is 48.1 Å². The molecule has 0 heterocycles. The molecule has 0 radical (unpaired) electrons. The van der Waals surface area contributed by atoms with E-state index in [2.05, 4.69) is 48.0 Å². The van der Waals surface area contributed by atoms with Crippen LogP contribution in [0, 0.1) is 0 Å². The number of phenols is 2. The van der Waals surface area contributed by atoms with Crippen molar-refractivity contribution in [3.8, 4) is 46.0 Å². The summed E-state index contributed by atoms with van der Waals surface area (Å²) in [6, 6.07) is 69.3. The minimum Gasteiger partial charge on any atom is -0.508 e. The number of benzene rings is 9. The van der Waals surface area contributed by atoms with Gasteiger partial charge in [0.15, 0.2) is 6.29 Å². The normalized spacial score (nSPS) is 10.3. The Hall–Kier alpha value is -10.7. The highest BCUT2D eigenvalue weighted by Gasteiger charge is 2.10. The summed E-state index contributed by atoms with van der Waals surface area (Å²) in [5.74, 6) is 3.78. The molecule has 89 heavy (non-hydrogen) atoms. The lowest BCUT2D eigenvalue weighted by atomic mass is 10.1. The zero-order valence-electron chi connectivity index (χ0n) is 51.1. The third-order valence-corrected chi connectivity index (χ3v) is 12.3. The van der Waals surface area contributed by atoms with E-state index in [4.69, 9.17) is 43.4 Å². The van der Waals surface area contributed by atoms with Gasteiger partial charge in [0, 0.05) is 25.1 Å². The first-order valence-corrected chi connectivity index (χ1v) is 29.1. The molecule has 1 atom stereocenters. The number of nitrogens with one attached hydrogen (secondary N) is 3. The van der Waals surface area contributed by atoms with Crippen LogP contribution in [-0.4, -0.2) is 48.0 Å². The number of carbonyl (C=O) groups is 3. The molecule has 16 nitrogen and oxygen atoms in total. The number of hydrogen-bond donors (Lipinski definition) is 5. The van der Waals surface area contributed by atoms with Crippen LogP contribution in [0.3, 0.4) is 0 Å². The number of anilines is 3. The molecule has 9 aromatic carbocycles. The molecule has 0 saturated carbocycles. The molecule has 9 aromatic rings. The van der Waals surface area contributed by atoms with Gasteiger partial charge in [-0.2, -0.15) is 0 Å². The van der Waals surface area contributed by atoms with E-state index in [1.807, 2.05) is 154 Å². The predicted molar refractivity (Wildman–Crippen MR) is 353 cm³/mol. The number of aryl methyl sites for hydroxylation is 3. The molecule has 0 saturated heterocycles. The Kier molecular flexibility index (Phi) is 30.9. The molecule has 1 unspecified atom stereocenters. The fourth-order valence-electron chi connectivity index (χ4n) is 7.53. The average Bonchev–Trinajstić information content (AvgIpc) is 3.75. The van der Waals surface area contributed by atoms with Crippen molar-refractivity contribution in [3.63, 3.8) is 0 Å². The summed E-state index contributed by atoms with van der Waals surface area (Å²) in [5, 5.41) is 26.2. The summed E-state index contributed by atoms with van der Waals surface area (Å²) in [6.45, 7) is 17.6. The first kappa shape index (κ1) is 69.1. The van der Waals surface area contributed by atoms with Gasteiger partial charge in [-0.25, -0.2) is 14.4 Å². The molecule has 16 heteroatoms. The van der Waals surface area contributed by atoms with E-state index < -0.39 is 18.3 Å². The number of carbonyl (C=O) groups excluding carboxylic acids is 3. The smallest absolute Gasteiger partial charge is 0.417 e. The van der Waals surface area contributed by atoms with Gasteiger partial charge in [-0.15, -0.1) is 0 Å². The van der Waals surface area contributed by atoms with Crippen LogP contribution >= 0.6 is 0 Å². The Morgan fingerprint density at radius 1 is 0.404 bits per heavy atom. The molecule has 9 rings (SSSR count). The summed E-state index contributed by atoms with van der Waals surface area (Å²) in [5.41, 5.74) is 7.95. The second-order valence-corrected chi connectivity index (χ2v) is 18.9. The van der Waals surface area contributed by atoms with E-state index >= 15 is 0 Å². The summed E-state index contributed by atoms with van der Waals surface area (Å²) in [6.07, 6.45) is 2.37. The van der Waals surface area contributed by atoms with Crippen LogP contribution in [0.5, 0.6) is 46.0 Å². The van der Waals surface area contributed by atoms with Gasteiger partial charge in [-0.3, -0.25) is 16.0 Å². The SMILES string of the molecule is C=COCC.CCOC(C)Oc1ccc(OC(=O)Nc2ccc(CC)cc2)cc1.CCc1ccc(NC(=O)Oc2ccc(O)cc2)cc1.CCc1ccc(NC(=O)Oc2ccc(OCc3ccccc3)cc2)cc1.Oc1ccc(OCc2ccccc2)cc1.[HH]. The van der Waals surface area contributed by atoms with Crippen LogP contribution in [0.4, 0.5) is 31.4 Å². The minimum absolute atomic E-state index is 0. The second kappa shape index (κ2) is 39.8. The number of hydrogen-bond acceptors (Lipinski definition) is 13. The minimum atomic E-state index is -0.560. The van der Waals surface area contributed by atoms with Gasteiger partial charge in [0.2, 0.25) is 0 Å². The fourth-order valence-corrected chi connectivity index (χ4v) is 7.53. The quantitative estimate of drug-likeness (QED) is 0.0336. The van der Waals surface area contributed by atoms with Crippen molar-refractivity contribution >= 4 is 35.3 Å². The molecule has 5 N–H and O–H groups in total. The van der Waals surface area contributed by atoms with Crippen LogP contribution in [0.2, 0.25) is 0 Å². The van der Waals surface area contributed by atoms with Crippen LogP contribution < -0.4 is 44.4 Å². The molecule has 0 aliphatic heterocycles. The molecular formula is C73H81N3O13. The largest absolute Gasteiger partial charge is 0.508 e.